The summed E-state index contributed by atoms with van der Waals surface area (Å²) in [6.45, 7) is 1.88. The van der Waals surface area contributed by atoms with Gasteiger partial charge in [-0.2, -0.15) is 0 Å². The van der Waals surface area contributed by atoms with Crippen LogP contribution in [0.5, 0.6) is 5.75 Å². The van der Waals surface area contributed by atoms with E-state index in [1.165, 1.54) is 0 Å². The molecule has 0 aliphatic carbocycles. The second-order valence-corrected chi connectivity index (χ2v) is 4.70. The van der Waals surface area contributed by atoms with Gasteiger partial charge in [0.05, 0.1) is 7.11 Å². The number of methoxy groups -OCH3 is 1. The largest absolute Gasteiger partial charge is 0.497 e. The maximum absolute atomic E-state index is 11.9. The molecule has 0 heterocycles. The Hall–Kier alpha value is -2.20. The standard InChI is InChI=1S/C15H15ClN2O2/c1-10-9-11(16)3-8-14(10)18-15(19)17-12-4-6-13(20-2)7-5-12/h3-9H,1-2H3,(H2,17,18,19). The van der Waals surface area contributed by atoms with Gasteiger partial charge in [0.2, 0.25) is 0 Å². The number of benzene rings is 2. The molecule has 0 fully saturated rings. The first-order valence-corrected chi connectivity index (χ1v) is 6.44. The minimum atomic E-state index is -0.305. The van der Waals surface area contributed by atoms with E-state index in [0.717, 1.165) is 17.0 Å². The van der Waals surface area contributed by atoms with Gasteiger partial charge in [-0.1, -0.05) is 11.6 Å². The first kappa shape index (κ1) is 14.2. The fourth-order valence-electron chi connectivity index (χ4n) is 1.73. The molecule has 2 aromatic carbocycles. The van der Waals surface area contributed by atoms with Crippen LogP contribution in [0.25, 0.3) is 0 Å². The fourth-order valence-corrected chi connectivity index (χ4v) is 1.95. The predicted octanol–water partition coefficient (Wildman–Crippen LogP) is 4.30. The van der Waals surface area contributed by atoms with E-state index in [1.54, 1.807) is 49.6 Å². The number of ether oxygens (including phenoxy) is 1. The van der Waals surface area contributed by atoms with Gasteiger partial charge in [0, 0.05) is 16.4 Å². The van der Waals surface area contributed by atoms with Crippen LogP contribution in [0.4, 0.5) is 16.2 Å². The molecule has 0 saturated heterocycles. The van der Waals surface area contributed by atoms with Crippen LogP contribution < -0.4 is 15.4 Å². The van der Waals surface area contributed by atoms with E-state index in [2.05, 4.69) is 10.6 Å². The van der Waals surface area contributed by atoms with Crippen molar-refractivity contribution in [2.75, 3.05) is 17.7 Å². The van der Waals surface area contributed by atoms with Crippen molar-refractivity contribution >= 4 is 29.0 Å². The molecule has 104 valence electrons. The maximum atomic E-state index is 11.9. The lowest BCUT2D eigenvalue weighted by Gasteiger charge is -2.10. The zero-order valence-corrected chi connectivity index (χ0v) is 12.0. The van der Waals surface area contributed by atoms with E-state index >= 15 is 0 Å². The normalized spacial score (nSPS) is 9.95. The van der Waals surface area contributed by atoms with E-state index in [0.29, 0.717) is 10.7 Å². The molecule has 0 radical (unpaired) electrons. The average molecular weight is 291 g/mol. The number of carbonyl (C=O) groups is 1. The van der Waals surface area contributed by atoms with Gasteiger partial charge in [-0.3, -0.25) is 0 Å². The number of carbonyl (C=O) groups excluding carboxylic acids is 1. The molecule has 2 amide bonds. The summed E-state index contributed by atoms with van der Waals surface area (Å²) in [5.74, 6) is 0.740. The molecule has 0 aromatic heterocycles. The van der Waals surface area contributed by atoms with Crippen molar-refractivity contribution < 1.29 is 9.53 Å². The number of hydrogen-bond donors (Lipinski definition) is 2. The third kappa shape index (κ3) is 3.65. The number of urea groups is 1. The summed E-state index contributed by atoms with van der Waals surface area (Å²) in [4.78, 5) is 11.9. The first-order chi connectivity index (χ1) is 9.58. The average Bonchev–Trinajstić information content (AvgIpc) is 2.43. The smallest absolute Gasteiger partial charge is 0.323 e. The first-order valence-electron chi connectivity index (χ1n) is 6.06. The number of anilines is 2. The van der Waals surface area contributed by atoms with E-state index in [-0.39, 0.29) is 6.03 Å². The number of amides is 2. The Balaban J connectivity index is 2.01. The molecule has 0 unspecified atom stereocenters. The van der Waals surface area contributed by atoms with Gasteiger partial charge >= 0.3 is 6.03 Å². The predicted molar refractivity (Wildman–Crippen MR) is 81.8 cm³/mol. The molecule has 0 atom stereocenters. The van der Waals surface area contributed by atoms with Gasteiger partial charge < -0.3 is 15.4 Å². The molecule has 2 rings (SSSR count). The van der Waals surface area contributed by atoms with E-state index in [9.17, 15) is 4.79 Å². The maximum Gasteiger partial charge on any atom is 0.323 e. The summed E-state index contributed by atoms with van der Waals surface area (Å²) < 4.78 is 5.06. The van der Waals surface area contributed by atoms with Crippen LogP contribution >= 0.6 is 11.6 Å². The molecule has 20 heavy (non-hydrogen) atoms. The summed E-state index contributed by atoms with van der Waals surface area (Å²) in [5, 5.41) is 6.16. The van der Waals surface area contributed by atoms with Crippen LogP contribution in [0.15, 0.2) is 42.5 Å². The number of aryl methyl sites for hydroxylation is 1. The van der Waals surface area contributed by atoms with E-state index in [1.807, 2.05) is 6.92 Å². The molecule has 0 aliphatic rings. The Kier molecular flexibility index (Phi) is 4.48. The van der Waals surface area contributed by atoms with Crippen molar-refractivity contribution in [3.05, 3.63) is 53.1 Å². The van der Waals surface area contributed by atoms with Gasteiger partial charge in [-0.25, -0.2) is 4.79 Å². The summed E-state index contributed by atoms with van der Waals surface area (Å²) >= 11 is 5.87. The third-order valence-electron chi connectivity index (χ3n) is 2.78. The summed E-state index contributed by atoms with van der Waals surface area (Å²) in [6, 6.07) is 12.1. The van der Waals surface area contributed by atoms with Crippen molar-refractivity contribution in [1.82, 2.24) is 0 Å². The highest BCUT2D eigenvalue weighted by molar-refractivity contribution is 6.30. The van der Waals surface area contributed by atoms with Gasteiger partial charge in [0.15, 0.2) is 0 Å². The van der Waals surface area contributed by atoms with Crippen molar-refractivity contribution in [3.8, 4) is 5.75 Å². The topological polar surface area (TPSA) is 50.4 Å². The van der Waals surface area contributed by atoms with Crippen molar-refractivity contribution in [2.24, 2.45) is 0 Å². The second kappa shape index (κ2) is 6.30. The molecule has 0 saturated carbocycles. The highest BCUT2D eigenvalue weighted by Gasteiger charge is 2.05. The Morgan fingerprint density at radius 2 is 1.80 bits per heavy atom. The highest BCUT2D eigenvalue weighted by Crippen LogP contribution is 2.20. The van der Waals surface area contributed by atoms with Crippen LogP contribution in [-0.4, -0.2) is 13.1 Å². The van der Waals surface area contributed by atoms with Crippen molar-refractivity contribution in [3.63, 3.8) is 0 Å². The van der Waals surface area contributed by atoms with Gasteiger partial charge in [-0.15, -0.1) is 0 Å². The lowest BCUT2D eigenvalue weighted by atomic mass is 10.2. The van der Waals surface area contributed by atoms with E-state index < -0.39 is 0 Å². The van der Waals surface area contributed by atoms with Crippen LogP contribution in [0.1, 0.15) is 5.56 Å². The Labute approximate surface area is 122 Å². The lowest BCUT2D eigenvalue weighted by Crippen LogP contribution is -2.19. The summed E-state index contributed by atoms with van der Waals surface area (Å²) in [7, 11) is 1.60. The number of nitrogens with one attached hydrogen (secondary N) is 2. The van der Waals surface area contributed by atoms with Crippen molar-refractivity contribution in [1.29, 1.82) is 0 Å². The zero-order chi connectivity index (χ0) is 14.5. The molecule has 2 aromatic rings. The Morgan fingerprint density at radius 3 is 2.40 bits per heavy atom. The van der Waals surface area contributed by atoms with Gasteiger partial charge in [0.1, 0.15) is 5.75 Å². The van der Waals surface area contributed by atoms with Crippen LogP contribution in [-0.2, 0) is 0 Å². The second-order valence-electron chi connectivity index (χ2n) is 4.27. The molecule has 2 N–H and O–H groups in total. The van der Waals surface area contributed by atoms with Crippen LogP contribution in [0.2, 0.25) is 5.02 Å². The van der Waals surface area contributed by atoms with Gasteiger partial charge in [-0.05, 0) is 55.0 Å². The molecule has 0 spiro atoms. The molecule has 5 heteroatoms. The molecular formula is C15H15ClN2O2. The van der Waals surface area contributed by atoms with Crippen molar-refractivity contribution in [2.45, 2.75) is 6.92 Å². The molecule has 0 bridgehead atoms. The molecular weight excluding hydrogens is 276 g/mol. The zero-order valence-electron chi connectivity index (χ0n) is 11.2. The Bertz CT molecular complexity index is 612. The van der Waals surface area contributed by atoms with Crippen LogP contribution in [0.3, 0.4) is 0 Å². The summed E-state index contributed by atoms with van der Waals surface area (Å²) in [6.07, 6.45) is 0. The minimum Gasteiger partial charge on any atom is -0.497 e. The van der Waals surface area contributed by atoms with Gasteiger partial charge in [0.25, 0.3) is 0 Å². The van der Waals surface area contributed by atoms with Crippen LogP contribution in [0, 0.1) is 6.92 Å². The summed E-state index contributed by atoms with van der Waals surface area (Å²) in [5.41, 5.74) is 2.32. The lowest BCUT2D eigenvalue weighted by molar-refractivity contribution is 0.262. The third-order valence-corrected chi connectivity index (χ3v) is 3.02. The quantitative estimate of drug-likeness (QED) is 0.885. The SMILES string of the molecule is COc1ccc(NC(=O)Nc2ccc(Cl)cc2C)cc1. The fraction of sp³-hybridized carbons (Fsp3) is 0.133. The monoisotopic (exact) mass is 290 g/mol. The Morgan fingerprint density at radius 1 is 1.10 bits per heavy atom. The molecule has 0 aliphatic heterocycles. The number of halogens is 1. The number of rotatable bonds is 3. The van der Waals surface area contributed by atoms with E-state index in [4.69, 9.17) is 16.3 Å². The minimum absolute atomic E-state index is 0.305. The number of hydrogen-bond acceptors (Lipinski definition) is 2. The molecule has 4 nitrogen and oxygen atoms in total. The highest BCUT2D eigenvalue weighted by atomic mass is 35.5.